The SMILES string of the molecule is CC(C)NC(=N)c1ccc(OCCCCOc2ccc(-c3cc4cc(C(=N)NC(C)C)ccc4o3)cc2)cc1.Cl.Cl. The number of hydrogen-bond donors (Lipinski definition) is 4. The van der Waals surface area contributed by atoms with Crippen LogP contribution in [0.5, 0.6) is 11.5 Å². The van der Waals surface area contributed by atoms with Gasteiger partial charge in [-0.2, -0.15) is 0 Å². The fourth-order valence-electron chi connectivity index (χ4n) is 4.10. The van der Waals surface area contributed by atoms with Gasteiger partial charge in [0.2, 0.25) is 0 Å². The van der Waals surface area contributed by atoms with Crippen molar-refractivity contribution < 1.29 is 13.9 Å². The highest BCUT2D eigenvalue weighted by atomic mass is 35.5. The van der Waals surface area contributed by atoms with Crippen LogP contribution in [0.3, 0.4) is 0 Å². The van der Waals surface area contributed by atoms with Crippen molar-refractivity contribution in [2.45, 2.75) is 52.6 Å². The molecule has 3 aromatic carbocycles. The summed E-state index contributed by atoms with van der Waals surface area (Å²) in [6.45, 7) is 9.31. The summed E-state index contributed by atoms with van der Waals surface area (Å²) >= 11 is 0. The molecule has 1 aromatic heterocycles. The zero-order valence-corrected chi connectivity index (χ0v) is 25.6. The molecule has 41 heavy (non-hydrogen) atoms. The summed E-state index contributed by atoms with van der Waals surface area (Å²) in [6.07, 6.45) is 1.77. The maximum atomic E-state index is 8.23. The van der Waals surface area contributed by atoms with Gasteiger partial charge >= 0.3 is 0 Å². The number of benzene rings is 3. The molecule has 7 nitrogen and oxygen atoms in total. The molecule has 0 aliphatic heterocycles. The lowest BCUT2D eigenvalue weighted by molar-refractivity contribution is 0.266. The molecule has 0 amide bonds. The average molecular weight is 600 g/mol. The van der Waals surface area contributed by atoms with E-state index < -0.39 is 0 Å². The Kier molecular flexibility index (Phi) is 13.0. The van der Waals surface area contributed by atoms with Crippen molar-refractivity contribution in [3.63, 3.8) is 0 Å². The number of fused-ring (bicyclic) bond motifs is 1. The second-order valence-corrected chi connectivity index (χ2v) is 10.2. The quantitative estimate of drug-likeness (QED) is 0.0755. The molecule has 0 aliphatic rings. The summed E-state index contributed by atoms with van der Waals surface area (Å²) in [5.74, 6) is 3.24. The number of furan rings is 1. The first-order valence-corrected chi connectivity index (χ1v) is 13.5. The molecule has 0 bridgehead atoms. The minimum Gasteiger partial charge on any atom is -0.494 e. The van der Waals surface area contributed by atoms with Gasteiger partial charge in [0, 0.05) is 34.2 Å². The van der Waals surface area contributed by atoms with Crippen LogP contribution in [0.25, 0.3) is 22.3 Å². The van der Waals surface area contributed by atoms with E-state index in [-0.39, 0.29) is 36.9 Å². The monoisotopic (exact) mass is 598 g/mol. The average Bonchev–Trinajstić information content (AvgIpc) is 3.34. The molecule has 4 N–H and O–H groups in total. The van der Waals surface area contributed by atoms with Gasteiger partial charge in [-0.15, -0.1) is 24.8 Å². The number of amidine groups is 2. The van der Waals surface area contributed by atoms with Crippen molar-refractivity contribution in [2.75, 3.05) is 13.2 Å². The van der Waals surface area contributed by atoms with E-state index in [1.54, 1.807) is 0 Å². The molecular weight excluding hydrogens is 559 g/mol. The predicted octanol–water partition coefficient (Wildman–Crippen LogP) is 7.83. The Labute approximate surface area is 254 Å². The van der Waals surface area contributed by atoms with Crippen molar-refractivity contribution in [2.24, 2.45) is 0 Å². The van der Waals surface area contributed by atoms with Gasteiger partial charge in [0.05, 0.1) is 13.2 Å². The first-order chi connectivity index (χ1) is 18.8. The molecule has 0 radical (unpaired) electrons. The highest BCUT2D eigenvalue weighted by molar-refractivity contribution is 6.00. The lowest BCUT2D eigenvalue weighted by atomic mass is 10.1. The summed E-state index contributed by atoms with van der Waals surface area (Å²) < 4.78 is 17.8. The molecule has 0 unspecified atom stereocenters. The van der Waals surface area contributed by atoms with E-state index in [1.807, 2.05) is 100 Å². The molecule has 220 valence electrons. The number of rotatable bonds is 12. The largest absolute Gasteiger partial charge is 0.494 e. The Morgan fingerprint density at radius 1 is 0.683 bits per heavy atom. The first kappa shape index (κ1) is 33.5. The molecule has 9 heteroatoms. The van der Waals surface area contributed by atoms with E-state index in [9.17, 15) is 0 Å². The normalized spacial score (nSPS) is 10.6. The van der Waals surface area contributed by atoms with Gasteiger partial charge in [-0.05, 0) is 113 Å². The first-order valence-electron chi connectivity index (χ1n) is 13.5. The number of nitrogens with one attached hydrogen (secondary N) is 4. The smallest absolute Gasteiger partial charge is 0.135 e. The van der Waals surface area contributed by atoms with Crippen LogP contribution < -0.4 is 20.1 Å². The minimum absolute atomic E-state index is 0. The molecule has 4 aromatic rings. The van der Waals surface area contributed by atoms with Crippen molar-refractivity contribution >= 4 is 47.5 Å². The predicted molar refractivity (Wildman–Crippen MR) is 173 cm³/mol. The van der Waals surface area contributed by atoms with Crippen LogP contribution in [-0.2, 0) is 0 Å². The zero-order chi connectivity index (χ0) is 27.8. The lowest BCUT2D eigenvalue weighted by Crippen LogP contribution is -2.30. The molecule has 0 saturated carbocycles. The molecule has 0 spiro atoms. The van der Waals surface area contributed by atoms with Gasteiger partial charge in [-0.25, -0.2) is 0 Å². The molecule has 0 atom stereocenters. The molecular formula is C32H40Cl2N4O3. The van der Waals surface area contributed by atoms with Gasteiger partial charge in [0.1, 0.15) is 34.5 Å². The van der Waals surface area contributed by atoms with Crippen molar-refractivity contribution in [1.29, 1.82) is 10.8 Å². The number of hydrogen-bond acceptors (Lipinski definition) is 5. The van der Waals surface area contributed by atoms with E-state index in [0.717, 1.165) is 57.8 Å². The highest BCUT2D eigenvalue weighted by Crippen LogP contribution is 2.29. The molecule has 0 fully saturated rings. The minimum atomic E-state index is 0. The van der Waals surface area contributed by atoms with Gasteiger partial charge in [-0.1, -0.05) is 0 Å². The Morgan fingerprint density at radius 3 is 1.71 bits per heavy atom. The maximum Gasteiger partial charge on any atom is 0.135 e. The molecule has 0 saturated heterocycles. The van der Waals surface area contributed by atoms with Crippen LogP contribution in [0.1, 0.15) is 51.7 Å². The van der Waals surface area contributed by atoms with Crippen LogP contribution in [0.2, 0.25) is 0 Å². The topological polar surface area (TPSA) is 103 Å². The van der Waals surface area contributed by atoms with Crippen molar-refractivity contribution in [1.82, 2.24) is 10.6 Å². The Bertz CT molecular complexity index is 1400. The van der Waals surface area contributed by atoms with Gasteiger partial charge in [-0.3, -0.25) is 10.8 Å². The third-order valence-corrected chi connectivity index (χ3v) is 6.03. The van der Waals surface area contributed by atoms with Crippen LogP contribution in [0, 0.1) is 10.8 Å². The fraction of sp³-hybridized carbons (Fsp3) is 0.312. The Morgan fingerprint density at radius 2 is 1.17 bits per heavy atom. The maximum absolute atomic E-state index is 8.23. The van der Waals surface area contributed by atoms with Crippen LogP contribution in [0.15, 0.2) is 77.2 Å². The number of unbranched alkanes of at least 4 members (excludes halogenated alkanes) is 1. The molecule has 4 rings (SSSR count). The van der Waals surface area contributed by atoms with Crippen molar-refractivity contribution in [3.05, 3.63) is 83.9 Å². The Hall–Kier alpha value is -3.68. The van der Waals surface area contributed by atoms with Gasteiger partial charge in [0.15, 0.2) is 0 Å². The summed E-state index contributed by atoms with van der Waals surface area (Å²) in [5.41, 5.74) is 3.46. The second kappa shape index (κ2) is 15.9. The molecule has 1 heterocycles. The number of halogens is 2. The Balaban J connectivity index is 0.00000294. The lowest BCUT2D eigenvalue weighted by Gasteiger charge is -2.12. The zero-order valence-electron chi connectivity index (χ0n) is 24.0. The second-order valence-electron chi connectivity index (χ2n) is 10.2. The van der Waals surface area contributed by atoms with E-state index in [1.165, 1.54) is 0 Å². The number of ether oxygens (including phenoxy) is 2. The van der Waals surface area contributed by atoms with E-state index >= 15 is 0 Å². The van der Waals surface area contributed by atoms with Crippen LogP contribution in [-0.4, -0.2) is 37.0 Å². The van der Waals surface area contributed by atoms with E-state index in [4.69, 9.17) is 24.7 Å². The highest BCUT2D eigenvalue weighted by Gasteiger charge is 2.10. The fourth-order valence-corrected chi connectivity index (χ4v) is 4.10. The third-order valence-electron chi connectivity index (χ3n) is 6.03. The summed E-state index contributed by atoms with van der Waals surface area (Å²) in [6, 6.07) is 23.8. The van der Waals surface area contributed by atoms with E-state index in [0.29, 0.717) is 24.9 Å². The summed E-state index contributed by atoms with van der Waals surface area (Å²) in [4.78, 5) is 0. The van der Waals surface area contributed by atoms with Crippen LogP contribution >= 0.6 is 24.8 Å². The summed E-state index contributed by atoms with van der Waals surface area (Å²) in [7, 11) is 0. The van der Waals surface area contributed by atoms with Crippen molar-refractivity contribution in [3.8, 4) is 22.8 Å². The van der Waals surface area contributed by atoms with Gasteiger partial charge in [0.25, 0.3) is 0 Å². The van der Waals surface area contributed by atoms with Crippen LogP contribution in [0.4, 0.5) is 0 Å². The summed E-state index contributed by atoms with van der Waals surface area (Å²) in [5, 5.41) is 23.5. The van der Waals surface area contributed by atoms with Gasteiger partial charge < -0.3 is 24.5 Å². The third kappa shape index (κ3) is 9.73. The molecule has 0 aliphatic carbocycles. The standard InChI is InChI=1S/C32H38N4O3.2ClH/c1-21(2)35-31(33)24-9-14-28(15-10-24)38-18-6-5-17-37-27-12-7-23(8-13-27)30-20-26-19-25(11-16-29(26)39-30)32(34)36-22(3)4;;/h7-16,19-22H,5-6,17-18H2,1-4H3,(H2,33,35)(H2,34,36);2*1H. The van der Waals surface area contributed by atoms with E-state index in [2.05, 4.69) is 10.6 Å².